The first kappa shape index (κ1) is 14.6. The molecule has 0 amide bonds. The Balaban J connectivity index is 1.95. The van der Waals surface area contributed by atoms with Crippen molar-refractivity contribution in [1.82, 2.24) is 10.3 Å². The predicted molar refractivity (Wildman–Crippen MR) is 72.0 cm³/mol. The number of pyridine rings is 1. The average Bonchev–Trinajstić information content (AvgIpc) is 2.48. The lowest BCUT2D eigenvalue weighted by Crippen LogP contribution is -2.25. The van der Waals surface area contributed by atoms with Gasteiger partial charge in [0.25, 0.3) is 0 Å². The fourth-order valence-corrected chi connectivity index (χ4v) is 1.86. The third kappa shape index (κ3) is 3.59. The van der Waals surface area contributed by atoms with Crippen molar-refractivity contribution < 1.29 is 13.9 Å². The zero-order chi connectivity index (χ0) is 14.5. The topological polar surface area (TPSA) is 45.1 Å². The van der Waals surface area contributed by atoms with Crippen molar-refractivity contribution in [2.24, 2.45) is 0 Å². The maximum Gasteiger partial charge on any atom is 0.159 e. The highest BCUT2D eigenvalue weighted by Gasteiger charge is 2.13. The summed E-state index contributed by atoms with van der Waals surface area (Å²) in [5.41, 5.74) is 1.19. The standard InChI is InChI=1S/C15H16F2N2O/c1-10(14-4-2-3-7-18-14)19-9-15(20)11-5-6-12(16)13(17)8-11/h2-8,10,15,19-20H,9H2,1H3. The number of hydrogen-bond acceptors (Lipinski definition) is 3. The second kappa shape index (κ2) is 6.54. The number of nitrogens with zero attached hydrogens (tertiary/aromatic N) is 1. The van der Waals surface area contributed by atoms with Crippen molar-refractivity contribution in [1.29, 1.82) is 0 Å². The van der Waals surface area contributed by atoms with Crippen LogP contribution in [0.4, 0.5) is 8.78 Å². The number of aliphatic hydroxyl groups excluding tert-OH is 1. The predicted octanol–water partition coefficient (Wildman–Crippen LogP) is 2.74. The maximum absolute atomic E-state index is 13.1. The van der Waals surface area contributed by atoms with E-state index < -0.39 is 17.7 Å². The third-order valence-electron chi connectivity index (χ3n) is 3.08. The van der Waals surface area contributed by atoms with Gasteiger partial charge in [-0.3, -0.25) is 4.98 Å². The van der Waals surface area contributed by atoms with Gasteiger partial charge in [0.1, 0.15) is 0 Å². The molecule has 1 aromatic carbocycles. The Morgan fingerprint density at radius 1 is 1.20 bits per heavy atom. The summed E-state index contributed by atoms with van der Waals surface area (Å²) in [7, 11) is 0. The first-order valence-electron chi connectivity index (χ1n) is 6.35. The normalized spacial score (nSPS) is 14.0. The molecule has 0 aliphatic rings. The summed E-state index contributed by atoms with van der Waals surface area (Å²) in [6.07, 6.45) is 0.788. The molecule has 20 heavy (non-hydrogen) atoms. The van der Waals surface area contributed by atoms with Gasteiger partial charge < -0.3 is 10.4 Å². The molecule has 106 valence electrons. The first-order valence-corrected chi connectivity index (χ1v) is 6.35. The molecule has 2 atom stereocenters. The van der Waals surface area contributed by atoms with Gasteiger partial charge in [0.2, 0.25) is 0 Å². The number of hydrogen-bond donors (Lipinski definition) is 2. The number of rotatable bonds is 5. The van der Waals surface area contributed by atoms with Crippen molar-refractivity contribution >= 4 is 0 Å². The molecule has 1 heterocycles. The minimum Gasteiger partial charge on any atom is -0.387 e. The molecule has 2 aromatic rings. The van der Waals surface area contributed by atoms with E-state index >= 15 is 0 Å². The van der Waals surface area contributed by atoms with Crippen LogP contribution in [0.3, 0.4) is 0 Å². The Hall–Kier alpha value is -1.85. The molecule has 5 heteroatoms. The van der Waals surface area contributed by atoms with E-state index in [9.17, 15) is 13.9 Å². The van der Waals surface area contributed by atoms with Crippen molar-refractivity contribution in [3.05, 3.63) is 65.5 Å². The molecule has 0 aliphatic heterocycles. The minimum absolute atomic E-state index is 0.0452. The molecule has 0 saturated carbocycles. The van der Waals surface area contributed by atoms with Gasteiger partial charge in [-0.15, -0.1) is 0 Å². The fourth-order valence-electron chi connectivity index (χ4n) is 1.86. The lowest BCUT2D eigenvalue weighted by Gasteiger charge is -2.17. The van der Waals surface area contributed by atoms with Gasteiger partial charge >= 0.3 is 0 Å². The number of aromatic nitrogens is 1. The summed E-state index contributed by atoms with van der Waals surface area (Å²) in [6.45, 7) is 2.14. The van der Waals surface area contributed by atoms with E-state index in [-0.39, 0.29) is 12.6 Å². The Morgan fingerprint density at radius 3 is 2.65 bits per heavy atom. The Labute approximate surface area is 116 Å². The van der Waals surface area contributed by atoms with Crippen LogP contribution in [-0.4, -0.2) is 16.6 Å². The second-order valence-electron chi connectivity index (χ2n) is 4.57. The largest absolute Gasteiger partial charge is 0.387 e. The van der Waals surface area contributed by atoms with Crippen LogP contribution in [0.2, 0.25) is 0 Å². The molecule has 0 radical (unpaired) electrons. The zero-order valence-electron chi connectivity index (χ0n) is 11.1. The van der Waals surface area contributed by atoms with Crippen molar-refractivity contribution in [2.45, 2.75) is 19.1 Å². The fraction of sp³-hybridized carbons (Fsp3) is 0.267. The summed E-state index contributed by atoms with van der Waals surface area (Å²) in [5.74, 6) is -1.88. The average molecular weight is 278 g/mol. The maximum atomic E-state index is 13.1. The van der Waals surface area contributed by atoms with Crippen molar-refractivity contribution in [3.63, 3.8) is 0 Å². The number of halogens is 2. The highest BCUT2D eigenvalue weighted by atomic mass is 19.2. The Morgan fingerprint density at radius 2 is 2.00 bits per heavy atom. The SMILES string of the molecule is CC(NCC(O)c1ccc(F)c(F)c1)c1ccccn1. The van der Waals surface area contributed by atoms with Crippen LogP contribution in [0.15, 0.2) is 42.6 Å². The Kier molecular flexibility index (Phi) is 4.76. The van der Waals surface area contributed by atoms with Crippen LogP contribution in [0, 0.1) is 11.6 Å². The van der Waals surface area contributed by atoms with E-state index in [0.29, 0.717) is 5.56 Å². The molecule has 0 fully saturated rings. The molecule has 1 aromatic heterocycles. The van der Waals surface area contributed by atoms with E-state index in [1.54, 1.807) is 6.20 Å². The summed E-state index contributed by atoms with van der Waals surface area (Å²) in [5, 5.41) is 13.1. The summed E-state index contributed by atoms with van der Waals surface area (Å²) >= 11 is 0. The number of nitrogens with one attached hydrogen (secondary N) is 1. The molecular formula is C15H16F2N2O. The molecule has 2 N–H and O–H groups in total. The molecule has 2 unspecified atom stereocenters. The van der Waals surface area contributed by atoms with E-state index in [0.717, 1.165) is 17.8 Å². The number of aliphatic hydroxyl groups is 1. The van der Waals surface area contributed by atoms with Crippen LogP contribution in [-0.2, 0) is 0 Å². The van der Waals surface area contributed by atoms with Crippen molar-refractivity contribution in [2.75, 3.05) is 6.54 Å². The van der Waals surface area contributed by atoms with Gasteiger partial charge in [0.15, 0.2) is 11.6 Å². The quantitative estimate of drug-likeness (QED) is 0.884. The lowest BCUT2D eigenvalue weighted by molar-refractivity contribution is 0.170. The van der Waals surface area contributed by atoms with E-state index in [1.165, 1.54) is 6.07 Å². The van der Waals surface area contributed by atoms with Crippen LogP contribution in [0.25, 0.3) is 0 Å². The van der Waals surface area contributed by atoms with E-state index in [4.69, 9.17) is 0 Å². The van der Waals surface area contributed by atoms with Gasteiger partial charge in [-0.2, -0.15) is 0 Å². The van der Waals surface area contributed by atoms with Gasteiger partial charge in [-0.25, -0.2) is 8.78 Å². The van der Waals surface area contributed by atoms with Gasteiger partial charge in [-0.1, -0.05) is 12.1 Å². The van der Waals surface area contributed by atoms with Crippen LogP contribution in [0.1, 0.15) is 30.3 Å². The molecule has 0 aliphatic carbocycles. The smallest absolute Gasteiger partial charge is 0.159 e. The minimum atomic E-state index is -0.959. The first-order chi connectivity index (χ1) is 9.58. The van der Waals surface area contributed by atoms with Gasteiger partial charge in [0, 0.05) is 18.8 Å². The molecular weight excluding hydrogens is 262 g/mol. The highest BCUT2D eigenvalue weighted by molar-refractivity contribution is 5.20. The summed E-state index contributed by atoms with van der Waals surface area (Å²) < 4.78 is 25.9. The van der Waals surface area contributed by atoms with Crippen LogP contribution < -0.4 is 5.32 Å². The van der Waals surface area contributed by atoms with Crippen LogP contribution >= 0.6 is 0 Å². The summed E-state index contributed by atoms with van der Waals surface area (Å²) in [4.78, 5) is 4.20. The molecule has 2 rings (SSSR count). The monoisotopic (exact) mass is 278 g/mol. The lowest BCUT2D eigenvalue weighted by atomic mass is 10.1. The molecule has 0 spiro atoms. The van der Waals surface area contributed by atoms with Gasteiger partial charge in [-0.05, 0) is 36.8 Å². The number of benzene rings is 1. The molecule has 0 saturated heterocycles. The summed E-state index contributed by atoms with van der Waals surface area (Å²) in [6, 6.07) is 8.93. The third-order valence-corrected chi connectivity index (χ3v) is 3.08. The van der Waals surface area contributed by atoms with E-state index in [1.807, 2.05) is 25.1 Å². The Bertz CT molecular complexity index is 563. The van der Waals surface area contributed by atoms with Crippen molar-refractivity contribution in [3.8, 4) is 0 Å². The van der Waals surface area contributed by atoms with Gasteiger partial charge in [0.05, 0.1) is 11.8 Å². The zero-order valence-corrected chi connectivity index (χ0v) is 11.1. The van der Waals surface area contributed by atoms with E-state index in [2.05, 4.69) is 10.3 Å². The molecule has 0 bridgehead atoms. The highest BCUT2D eigenvalue weighted by Crippen LogP contribution is 2.17. The second-order valence-corrected chi connectivity index (χ2v) is 4.57. The van der Waals surface area contributed by atoms with Crippen LogP contribution in [0.5, 0.6) is 0 Å². The molecule has 3 nitrogen and oxygen atoms in total.